The zero-order chi connectivity index (χ0) is 32.1. The van der Waals surface area contributed by atoms with E-state index in [0.29, 0.717) is 37.8 Å². The van der Waals surface area contributed by atoms with Crippen LogP contribution in [0.5, 0.6) is 5.75 Å². The molecule has 15 nitrogen and oxygen atoms in total. The topological polar surface area (TPSA) is 254 Å². The fourth-order valence-electron chi connectivity index (χ4n) is 4.68. The number of carbonyl (C=O) groups excluding carboxylic acids is 4. The van der Waals surface area contributed by atoms with Gasteiger partial charge in [0.05, 0.1) is 6.04 Å². The highest BCUT2D eigenvalue weighted by Gasteiger charge is 2.38. The molecule has 0 aromatic heterocycles. The highest BCUT2D eigenvalue weighted by molar-refractivity contribution is 5.95. The number of carboxylic acid groups (broad SMARTS) is 2. The highest BCUT2D eigenvalue weighted by atomic mass is 16.4. The fourth-order valence-corrected chi connectivity index (χ4v) is 4.68. The molecule has 0 aliphatic carbocycles. The van der Waals surface area contributed by atoms with E-state index in [2.05, 4.69) is 16.0 Å². The molecule has 1 aliphatic heterocycles. The highest BCUT2D eigenvalue weighted by Crippen LogP contribution is 2.20. The molecule has 0 bridgehead atoms. The molecule has 238 valence electrons. The SMILES string of the molecule is C[C@H](NC(=O)[C@@H](N)CCC(=O)O)C(=O)N[C@@H](Cc1ccc(O)cc1)C(=O)N[C@@H](CCCCN)C(=O)N1CCC[C@H]1C(=O)O. The van der Waals surface area contributed by atoms with E-state index in [4.69, 9.17) is 16.6 Å². The van der Waals surface area contributed by atoms with Crippen LogP contribution in [-0.4, -0.2) is 99.1 Å². The number of nitrogens with two attached hydrogens (primary N) is 2. The number of benzene rings is 1. The first-order chi connectivity index (χ1) is 20.3. The van der Waals surface area contributed by atoms with Crippen LogP contribution < -0.4 is 27.4 Å². The second-order valence-corrected chi connectivity index (χ2v) is 10.6. The van der Waals surface area contributed by atoms with Crippen LogP contribution in [0.2, 0.25) is 0 Å². The van der Waals surface area contributed by atoms with Gasteiger partial charge in [-0.15, -0.1) is 0 Å². The van der Waals surface area contributed by atoms with Crippen molar-refractivity contribution >= 4 is 35.6 Å². The summed E-state index contributed by atoms with van der Waals surface area (Å²) in [7, 11) is 0. The van der Waals surface area contributed by atoms with Gasteiger partial charge in [0.1, 0.15) is 29.9 Å². The van der Waals surface area contributed by atoms with Gasteiger partial charge in [-0.05, 0) is 69.7 Å². The van der Waals surface area contributed by atoms with Crippen LogP contribution in [0.15, 0.2) is 24.3 Å². The van der Waals surface area contributed by atoms with Crippen molar-refractivity contribution in [3.8, 4) is 5.75 Å². The molecule has 2 rings (SSSR count). The summed E-state index contributed by atoms with van der Waals surface area (Å²) in [5.74, 6) is -5.00. The van der Waals surface area contributed by atoms with E-state index in [1.54, 1.807) is 12.1 Å². The summed E-state index contributed by atoms with van der Waals surface area (Å²) < 4.78 is 0. The molecule has 1 fully saturated rings. The van der Waals surface area contributed by atoms with Crippen molar-refractivity contribution in [3.63, 3.8) is 0 Å². The van der Waals surface area contributed by atoms with Gasteiger partial charge in [0.25, 0.3) is 0 Å². The van der Waals surface area contributed by atoms with Gasteiger partial charge in [-0.1, -0.05) is 12.1 Å². The first-order valence-electron chi connectivity index (χ1n) is 14.2. The van der Waals surface area contributed by atoms with E-state index in [1.807, 2.05) is 0 Å². The number of nitrogens with zero attached hydrogens (tertiary/aromatic N) is 1. The molecule has 1 aromatic carbocycles. The molecule has 1 saturated heterocycles. The average Bonchev–Trinajstić information content (AvgIpc) is 3.46. The van der Waals surface area contributed by atoms with Gasteiger partial charge < -0.3 is 47.6 Å². The third-order valence-corrected chi connectivity index (χ3v) is 7.15. The van der Waals surface area contributed by atoms with Crippen LogP contribution in [0.25, 0.3) is 0 Å². The van der Waals surface area contributed by atoms with Crippen molar-refractivity contribution in [2.75, 3.05) is 13.1 Å². The Morgan fingerprint density at radius 3 is 2.19 bits per heavy atom. The lowest BCUT2D eigenvalue weighted by molar-refractivity contribution is -0.149. The molecule has 0 saturated carbocycles. The lowest BCUT2D eigenvalue weighted by Crippen LogP contribution is -2.58. The third kappa shape index (κ3) is 11.2. The second-order valence-electron chi connectivity index (χ2n) is 10.6. The minimum Gasteiger partial charge on any atom is -0.508 e. The van der Waals surface area contributed by atoms with Gasteiger partial charge in [0, 0.05) is 19.4 Å². The third-order valence-electron chi connectivity index (χ3n) is 7.15. The zero-order valence-electron chi connectivity index (χ0n) is 24.2. The largest absolute Gasteiger partial charge is 0.508 e. The summed E-state index contributed by atoms with van der Waals surface area (Å²) in [4.78, 5) is 76.1. The summed E-state index contributed by atoms with van der Waals surface area (Å²) in [5, 5.41) is 35.7. The molecule has 1 aromatic rings. The predicted molar refractivity (Wildman–Crippen MR) is 153 cm³/mol. The number of carboxylic acids is 2. The van der Waals surface area contributed by atoms with Crippen molar-refractivity contribution in [1.29, 1.82) is 0 Å². The van der Waals surface area contributed by atoms with Crippen molar-refractivity contribution in [1.82, 2.24) is 20.9 Å². The van der Waals surface area contributed by atoms with Crippen LogP contribution in [0.4, 0.5) is 0 Å². The summed E-state index contributed by atoms with van der Waals surface area (Å²) in [6.45, 7) is 1.96. The molecule has 10 N–H and O–H groups in total. The Labute approximate surface area is 249 Å². The smallest absolute Gasteiger partial charge is 0.326 e. The molecule has 4 amide bonds. The van der Waals surface area contributed by atoms with E-state index < -0.39 is 65.8 Å². The van der Waals surface area contributed by atoms with E-state index >= 15 is 0 Å². The van der Waals surface area contributed by atoms with Crippen LogP contribution >= 0.6 is 0 Å². The fraction of sp³-hybridized carbons (Fsp3) is 0.571. The van der Waals surface area contributed by atoms with Crippen LogP contribution in [0.1, 0.15) is 57.4 Å². The van der Waals surface area contributed by atoms with Crippen molar-refractivity contribution < 1.29 is 44.1 Å². The molecule has 0 unspecified atom stereocenters. The Bertz CT molecular complexity index is 1150. The average molecular weight is 607 g/mol. The van der Waals surface area contributed by atoms with Crippen LogP contribution in [-0.2, 0) is 35.2 Å². The molecule has 1 aliphatic rings. The van der Waals surface area contributed by atoms with E-state index in [0.717, 1.165) is 0 Å². The Morgan fingerprint density at radius 1 is 0.930 bits per heavy atom. The molecule has 43 heavy (non-hydrogen) atoms. The number of unbranched alkanes of at least 4 members (excludes halogenated alkanes) is 1. The number of hydrogen-bond acceptors (Lipinski definition) is 9. The number of likely N-dealkylation sites (tertiary alicyclic amines) is 1. The Morgan fingerprint density at radius 2 is 1.58 bits per heavy atom. The number of carbonyl (C=O) groups is 6. The maximum atomic E-state index is 13.6. The minimum atomic E-state index is -1.23. The van der Waals surface area contributed by atoms with Gasteiger partial charge in [-0.25, -0.2) is 4.79 Å². The zero-order valence-corrected chi connectivity index (χ0v) is 24.2. The molecule has 0 radical (unpaired) electrons. The Hall–Kier alpha value is -4.24. The lowest BCUT2D eigenvalue weighted by Gasteiger charge is -2.29. The normalized spacial score (nSPS) is 17.3. The van der Waals surface area contributed by atoms with Crippen molar-refractivity contribution in [3.05, 3.63) is 29.8 Å². The maximum absolute atomic E-state index is 13.6. The number of nitrogens with one attached hydrogen (secondary N) is 3. The molecule has 0 spiro atoms. The minimum absolute atomic E-state index is 0.00600. The summed E-state index contributed by atoms with van der Waals surface area (Å²) in [5.41, 5.74) is 11.9. The first-order valence-corrected chi connectivity index (χ1v) is 14.2. The number of aliphatic carboxylic acids is 2. The lowest BCUT2D eigenvalue weighted by atomic mass is 10.0. The number of phenolic OH excluding ortho intramolecular Hbond substituents is 1. The summed E-state index contributed by atoms with van der Waals surface area (Å²) in [6.07, 6.45) is 1.55. The van der Waals surface area contributed by atoms with Gasteiger partial charge in [-0.3, -0.25) is 24.0 Å². The van der Waals surface area contributed by atoms with Gasteiger partial charge in [0.15, 0.2) is 0 Å². The second kappa shape index (κ2) is 17.0. The molecular formula is C28H42N6O9. The molecule has 15 heteroatoms. The molecular weight excluding hydrogens is 564 g/mol. The quantitative estimate of drug-likeness (QED) is 0.0978. The van der Waals surface area contributed by atoms with Crippen LogP contribution in [0, 0.1) is 0 Å². The van der Waals surface area contributed by atoms with E-state index in [1.165, 1.54) is 24.0 Å². The monoisotopic (exact) mass is 606 g/mol. The predicted octanol–water partition coefficient (Wildman–Crippen LogP) is -1.19. The van der Waals surface area contributed by atoms with E-state index in [9.17, 15) is 39.0 Å². The van der Waals surface area contributed by atoms with Gasteiger partial charge in [0.2, 0.25) is 23.6 Å². The van der Waals surface area contributed by atoms with Gasteiger partial charge in [-0.2, -0.15) is 0 Å². The summed E-state index contributed by atoms with van der Waals surface area (Å²) in [6, 6.07) is 0.320. The van der Waals surface area contributed by atoms with Crippen molar-refractivity contribution in [2.24, 2.45) is 11.5 Å². The standard InChI is InChI=1S/C28H42N6O9/c1-16(31-25(39)19(30)11-12-23(36)37)24(38)33-21(15-17-7-9-18(35)10-8-17)26(40)32-20(5-2-3-13-29)27(41)34-14-4-6-22(34)28(42)43/h7-10,16,19-22,35H,2-6,11-15,29-30H2,1H3,(H,31,39)(H,32,40)(H,33,38)(H,36,37)(H,42,43)/t16-,19-,20-,21-,22-/m0/s1. The summed E-state index contributed by atoms with van der Waals surface area (Å²) >= 11 is 0. The van der Waals surface area contributed by atoms with E-state index in [-0.39, 0.29) is 38.0 Å². The van der Waals surface area contributed by atoms with Crippen molar-refractivity contribution in [2.45, 2.75) is 88.5 Å². The van der Waals surface area contributed by atoms with Crippen LogP contribution in [0.3, 0.4) is 0 Å². The Kier molecular flexibility index (Phi) is 13.8. The number of phenols is 1. The number of aromatic hydroxyl groups is 1. The molecule has 1 heterocycles. The molecule has 5 atom stereocenters. The first kappa shape index (κ1) is 35.0. The number of rotatable bonds is 17. The van der Waals surface area contributed by atoms with Gasteiger partial charge >= 0.3 is 11.9 Å². The Balaban J connectivity index is 2.22. The number of amides is 4. The number of hydrogen-bond donors (Lipinski definition) is 8. The maximum Gasteiger partial charge on any atom is 0.326 e.